The van der Waals surface area contributed by atoms with Crippen LogP contribution in [0.5, 0.6) is 0 Å². The molecule has 6 nitrogen and oxygen atoms in total. The van der Waals surface area contributed by atoms with Gasteiger partial charge in [0.15, 0.2) is 5.96 Å². The summed E-state index contributed by atoms with van der Waals surface area (Å²) in [6.45, 7) is 6.33. The molecule has 0 aliphatic carbocycles. The van der Waals surface area contributed by atoms with E-state index in [1.807, 2.05) is 6.92 Å². The molecule has 0 amide bonds. The van der Waals surface area contributed by atoms with Crippen molar-refractivity contribution in [2.75, 3.05) is 44.2 Å². The third-order valence-corrected chi connectivity index (χ3v) is 4.40. The summed E-state index contributed by atoms with van der Waals surface area (Å²) in [5.41, 5.74) is 0.348. The first-order valence-corrected chi connectivity index (χ1v) is 9.16. The van der Waals surface area contributed by atoms with E-state index in [-0.39, 0.29) is 24.0 Å². The van der Waals surface area contributed by atoms with Crippen LogP contribution in [0.4, 0.5) is 14.7 Å². The molecule has 3 rings (SSSR count). The van der Waals surface area contributed by atoms with Gasteiger partial charge in [-0.15, -0.1) is 24.0 Å². The zero-order valence-electron chi connectivity index (χ0n) is 15.8. The summed E-state index contributed by atoms with van der Waals surface area (Å²) >= 11 is 0. The number of halogens is 3. The van der Waals surface area contributed by atoms with E-state index in [1.165, 1.54) is 6.07 Å². The van der Waals surface area contributed by atoms with Crippen LogP contribution in [0.2, 0.25) is 0 Å². The molecule has 2 heterocycles. The number of hydrogen-bond acceptors (Lipinski definition) is 4. The van der Waals surface area contributed by atoms with Gasteiger partial charge >= 0.3 is 0 Å². The molecule has 1 aromatic carbocycles. The SMILES string of the molecule is CCNC(=NCCc1cc(F)ccc1F)N1CCN(c2ncccn2)CC1.I. The highest BCUT2D eigenvalue weighted by atomic mass is 127. The van der Waals surface area contributed by atoms with E-state index >= 15 is 0 Å². The van der Waals surface area contributed by atoms with Gasteiger partial charge in [-0.3, -0.25) is 4.99 Å². The number of hydrogen-bond donors (Lipinski definition) is 1. The van der Waals surface area contributed by atoms with E-state index < -0.39 is 11.6 Å². The zero-order chi connectivity index (χ0) is 19.1. The third kappa shape index (κ3) is 5.98. The fraction of sp³-hybridized carbons (Fsp3) is 0.421. The summed E-state index contributed by atoms with van der Waals surface area (Å²) < 4.78 is 27.0. The van der Waals surface area contributed by atoms with E-state index in [1.54, 1.807) is 18.5 Å². The zero-order valence-corrected chi connectivity index (χ0v) is 18.1. The van der Waals surface area contributed by atoms with E-state index in [2.05, 4.69) is 30.1 Å². The van der Waals surface area contributed by atoms with E-state index in [9.17, 15) is 8.78 Å². The standard InChI is InChI=1S/C19H24F2N6.HI/c1-2-22-18(25-9-6-15-14-16(20)4-5-17(15)21)26-10-12-27(13-11-26)19-23-7-3-8-24-19;/h3-5,7-8,14H,2,6,9-13H2,1H3,(H,22,25);1H. The van der Waals surface area contributed by atoms with Gasteiger partial charge in [0.1, 0.15) is 11.6 Å². The van der Waals surface area contributed by atoms with Crippen LogP contribution in [0, 0.1) is 11.6 Å². The van der Waals surface area contributed by atoms with Crippen molar-refractivity contribution in [2.24, 2.45) is 4.99 Å². The number of aliphatic imine (C=N–C) groups is 1. The molecule has 28 heavy (non-hydrogen) atoms. The average Bonchev–Trinajstić information content (AvgIpc) is 2.71. The first-order chi connectivity index (χ1) is 13.2. The molecule has 1 saturated heterocycles. The quantitative estimate of drug-likeness (QED) is 0.387. The molecule has 0 unspecified atom stereocenters. The summed E-state index contributed by atoms with van der Waals surface area (Å²) in [5.74, 6) is 0.707. The maximum atomic E-state index is 13.7. The Labute approximate surface area is 181 Å². The number of nitrogens with one attached hydrogen (secondary N) is 1. The number of piperazine rings is 1. The number of rotatable bonds is 5. The average molecular weight is 502 g/mol. The molecule has 1 aromatic heterocycles. The van der Waals surface area contributed by atoms with Crippen LogP contribution in [0.1, 0.15) is 12.5 Å². The van der Waals surface area contributed by atoms with Gasteiger partial charge in [-0.05, 0) is 43.2 Å². The molecule has 1 N–H and O–H groups in total. The first kappa shape index (κ1) is 22.3. The third-order valence-electron chi connectivity index (χ3n) is 4.40. The van der Waals surface area contributed by atoms with Crippen molar-refractivity contribution in [1.82, 2.24) is 20.2 Å². The Morgan fingerprint density at radius 2 is 1.86 bits per heavy atom. The first-order valence-electron chi connectivity index (χ1n) is 9.16. The van der Waals surface area contributed by atoms with E-state index in [0.717, 1.165) is 56.8 Å². The van der Waals surface area contributed by atoms with Gasteiger partial charge < -0.3 is 15.1 Å². The smallest absolute Gasteiger partial charge is 0.225 e. The molecule has 1 aliphatic heterocycles. The largest absolute Gasteiger partial charge is 0.357 e. The van der Waals surface area contributed by atoms with Crippen molar-refractivity contribution < 1.29 is 8.78 Å². The Morgan fingerprint density at radius 3 is 2.54 bits per heavy atom. The molecule has 2 aromatic rings. The molecule has 0 spiro atoms. The predicted octanol–water partition coefficient (Wildman–Crippen LogP) is 2.70. The second-order valence-electron chi connectivity index (χ2n) is 6.24. The Kier molecular flexibility index (Phi) is 8.81. The Bertz CT molecular complexity index is 766. The van der Waals surface area contributed by atoms with Crippen LogP contribution in [-0.2, 0) is 6.42 Å². The van der Waals surface area contributed by atoms with Crippen LogP contribution < -0.4 is 10.2 Å². The Morgan fingerprint density at radius 1 is 1.14 bits per heavy atom. The minimum atomic E-state index is -0.429. The number of anilines is 1. The van der Waals surface area contributed by atoms with Gasteiger partial charge in [0, 0.05) is 51.7 Å². The lowest BCUT2D eigenvalue weighted by atomic mass is 10.1. The number of aromatic nitrogens is 2. The van der Waals surface area contributed by atoms with Gasteiger partial charge in [-0.25, -0.2) is 18.7 Å². The number of guanidine groups is 1. The Hall–Kier alpha value is -2.04. The second kappa shape index (κ2) is 11.1. The highest BCUT2D eigenvalue weighted by molar-refractivity contribution is 14.0. The summed E-state index contributed by atoms with van der Waals surface area (Å²) in [5, 5.41) is 3.28. The van der Waals surface area contributed by atoms with Crippen molar-refractivity contribution >= 4 is 35.9 Å². The summed E-state index contributed by atoms with van der Waals surface area (Å²) in [7, 11) is 0. The van der Waals surface area contributed by atoms with Crippen molar-refractivity contribution in [3.05, 3.63) is 53.9 Å². The van der Waals surface area contributed by atoms with Crippen LogP contribution in [0.15, 0.2) is 41.7 Å². The maximum absolute atomic E-state index is 13.7. The molecule has 9 heteroatoms. The normalized spacial score (nSPS) is 14.6. The van der Waals surface area contributed by atoms with Gasteiger partial charge in [-0.1, -0.05) is 0 Å². The Balaban J connectivity index is 0.00000280. The summed E-state index contributed by atoms with van der Waals surface area (Å²) in [6.07, 6.45) is 3.84. The lowest BCUT2D eigenvalue weighted by molar-refractivity contribution is 0.370. The fourth-order valence-corrected chi connectivity index (χ4v) is 3.02. The molecular weight excluding hydrogens is 477 g/mol. The maximum Gasteiger partial charge on any atom is 0.225 e. The van der Waals surface area contributed by atoms with Crippen LogP contribution in [0.25, 0.3) is 0 Å². The second-order valence-corrected chi connectivity index (χ2v) is 6.24. The van der Waals surface area contributed by atoms with Crippen molar-refractivity contribution in [2.45, 2.75) is 13.3 Å². The lowest BCUT2D eigenvalue weighted by Gasteiger charge is -2.36. The highest BCUT2D eigenvalue weighted by Gasteiger charge is 2.21. The van der Waals surface area contributed by atoms with E-state index in [4.69, 9.17) is 0 Å². The molecule has 0 atom stereocenters. The molecular formula is C19H25F2IN6. The lowest BCUT2D eigenvalue weighted by Crippen LogP contribution is -2.53. The van der Waals surface area contributed by atoms with Crippen LogP contribution in [0.3, 0.4) is 0 Å². The molecule has 0 saturated carbocycles. The highest BCUT2D eigenvalue weighted by Crippen LogP contribution is 2.12. The predicted molar refractivity (Wildman–Crippen MR) is 117 cm³/mol. The summed E-state index contributed by atoms with van der Waals surface area (Å²) in [4.78, 5) is 17.5. The molecule has 0 radical (unpaired) electrons. The number of nitrogens with zero attached hydrogens (tertiary/aromatic N) is 5. The molecule has 0 bridgehead atoms. The van der Waals surface area contributed by atoms with E-state index in [0.29, 0.717) is 18.5 Å². The minimum absolute atomic E-state index is 0. The molecule has 152 valence electrons. The van der Waals surface area contributed by atoms with Crippen molar-refractivity contribution in [1.29, 1.82) is 0 Å². The topological polar surface area (TPSA) is 56.7 Å². The van der Waals surface area contributed by atoms with Gasteiger partial charge in [-0.2, -0.15) is 0 Å². The van der Waals surface area contributed by atoms with Crippen molar-refractivity contribution in [3.63, 3.8) is 0 Å². The molecule has 1 fully saturated rings. The van der Waals surface area contributed by atoms with Crippen molar-refractivity contribution in [3.8, 4) is 0 Å². The fourth-order valence-electron chi connectivity index (χ4n) is 3.02. The van der Waals surface area contributed by atoms with Crippen LogP contribution >= 0.6 is 24.0 Å². The number of benzene rings is 1. The van der Waals surface area contributed by atoms with Gasteiger partial charge in [0.25, 0.3) is 0 Å². The van der Waals surface area contributed by atoms with Gasteiger partial charge in [0.05, 0.1) is 0 Å². The molecule has 1 aliphatic rings. The monoisotopic (exact) mass is 502 g/mol. The van der Waals surface area contributed by atoms with Crippen LogP contribution in [-0.4, -0.2) is 60.1 Å². The minimum Gasteiger partial charge on any atom is -0.357 e. The van der Waals surface area contributed by atoms with Gasteiger partial charge in [0.2, 0.25) is 5.95 Å². The summed E-state index contributed by atoms with van der Waals surface area (Å²) in [6, 6.07) is 5.32.